The number of benzene rings is 1. The van der Waals surface area contributed by atoms with E-state index in [2.05, 4.69) is 25.8 Å². The molecule has 0 saturated heterocycles. The molecule has 0 fully saturated rings. The molecule has 0 saturated carbocycles. The van der Waals surface area contributed by atoms with Crippen molar-refractivity contribution in [2.24, 2.45) is 5.73 Å². The maximum absolute atomic E-state index is 11.6. The van der Waals surface area contributed by atoms with Gasteiger partial charge in [0.1, 0.15) is 0 Å². The van der Waals surface area contributed by atoms with Gasteiger partial charge in [-0.15, -0.1) is 0 Å². The molecule has 0 aromatic heterocycles. The van der Waals surface area contributed by atoms with Crippen LogP contribution in [-0.4, -0.2) is 13.1 Å². The SMILES string of the molecule is COC(=O)c1cc(C#CN)c(C(C)C)cc1C. The molecule has 90 valence electrons. The number of rotatable bonds is 2. The summed E-state index contributed by atoms with van der Waals surface area (Å²) >= 11 is 0. The predicted molar refractivity (Wildman–Crippen MR) is 67.7 cm³/mol. The summed E-state index contributed by atoms with van der Waals surface area (Å²) in [5, 5.41) is 0. The Morgan fingerprint density at radius 2 is 2.06 bits per heavy atom. The van der Waals surface area contributed by atoms with Crippen LogP contribution in [0.5, 0.6) is 0 Å². The molecule has 2 N–H and O–H groups in total. The summed E-state index contributed by atoms with van der Waals surface area (Å²) in [5.74, 6) is 2.80. The molecular formula is C14H17NO2. The third kappa shape index (κ3) is 2.79. The molecule has 1 aromatic carbocycles. The Morgan fingerprint density at radius 3 is 2.53 bits per heavy atom. The van der Waals surface area contributed by atoms with E-state index in [1.165, 1.54) is 7.11 Å². The van der Waals surface area contributed by atoms with Gasteiger partial charge in [0.25, 0.3) is 0 Å². The number of hydrogen-bond donors (Lipinski definition) is 1. The number of carbonyl (C=O) groups excluding carboxylic acids is 1. The summed E-state index contributed by atoms with van der Waals surface area (Å²) < 4.78 is 4.73. The van der Waals surface area contributed by atoms with Crippen LogP contribution in [-0.2, 0) is 4.74 Å². The van der Waals surface area contributed by atoms with Crippen LogP contribution >= 0.6 is 0 Å². The molecule has 1 aromatic rings. The molecular weight excluding hydrogens is 214 g/mol. The van der Waals surface area contributed by atoms with Gasteiger partial charge in [-0.1, -0.05) is 19.9 Å². The number of aryl methyl sites for hydroxylation is 1. The summed E-state index contributed by atoms with van der Waals surface area (Å²) in [6.07, 6.45) is 0. The van der Waals surface area contributed by atoms with E-state index in [9.17, 15) is 4.79 Å². The van der Waals surface area contributed by atoms with Gasteiger partial charge in [-0.05, 0) is 36.0 Å². The van der Waals surface area contributed by atoms with E-state index in [0.717, 1.165) is 16.7 Å². The van der Waals surface area contributed by atoms with Crippen LogP contribution in [0.15, 0.2) is 12.1 Å². The molecule has 3 nitrogen and oxygen atoms in total. The van der Waals surface area contributed by atoms with E-state index < -0.39 is 0 Å². The van der Waals surface area contributed by atoms with Crippen LogP contribution in [0.25, 0.3) is 0 Å². The van der Waals surface area contributed by atoms with Crippen LogP contribution in [0.4, 0.5) is 0 Å². The lowest BCUT2D eigenvalue weighted by Crippen LogP contribution is -2.06. The van der Waals surface area contributed by atoms with Gasteiger partial charge in [0.15, 0.2) is 0 Å². The molecule has 0 heterocycles. The number of esters is 1. The lowest BCUT2D eigenvalue weighted by molar-refractivity contribution is 0.0600. The molecule has 0 radical (unpaired) electrons. The van der Waals surface area contributed by atoms with Gasteiger partial charge in [-0.2, -0.15) is 0 Å². The first kappa shape index (κ1) is 13.1. The first-order valence-corrected chi connectivity index (χ1v) is 5.45. The van der Waals surface area contributed by atoms with Crippen molar-refractivity contribution in [3.8, 4) is 12.0 Å². The van der Waals surface area contributed by atoms with Gasteiger partial charge in [-0.25, -0.2) is 4.79 Å². The Balaban J connectivity index is 3.43. The van der Waals surface area contributed by atoms with Crippen LogP contribution in [0.3, 0.4) is 0 Å². The summed E-state index contributed by atoms with van der Waals surface area (Å²) in [6, 6.07) is 6.10. The number of nitrogens with two attached hydrogens (primary N) is 1. The highest BCUT2D eigenvalue weighted by Crippen LogP contribution is 2.23. The monoisotopic (exact) mass is 231 g/mol. The standard InChI is InChI=1S/C14H17NO2/c1-9(2)12-7-10(3)13(14(16)17-4)8-11(12)5-6-15/h7-9H,15H2,1-4H3. The number of ether oxygens (including phenoxy) is 1. The number of methoxy groups -OCH3 is 1. The molecule has 0 unspecified atom stereocenters. The summed E-state index contributed by atoms with van der Waals surface area (Å²) in [5.41, 5.74) is 8.55. The lowest BCUT2D eigenvalue weighted by atomic mass is 9.92. The molecule has 0 aliphatic carbocycles. The minimum Gasteiger partial charge on any atom is -0.465 e. The molecule has 0 atom stereocenters. The van der Waals surface area contributed by atoms with E-state index in [4.69, 9.17) is 10.5 Å². The van der Waals surface area contributed by atoms with Gasteiger partial charge in [0, 0.05) is 11.6 Å². The van der Waals surface area contributed by atoms with Gasteiger partial charge in [-0.3, -0.25) is 0 Å². The predicted octanol–water partition coefficient (Wildman–Crippen LogP) is 2.17. The molecule has 17 heavy (non-hydrogen) atoms. The maximum atomic E-state index is 11.6. The van der Waals surface area contributed by atoms with E-state index >= 15 is 0 Å². The van der Waals surface area contributed by atoms with Crippen molar-refractivity contribution >= 4 is 5.97 Å². The second-order valence-electron chi connectivity index (χ2n) is 4.17. The van der Waals surface area contributed by atoms with Crippen molar-refractivity contribution in [3.05, 3.63) is 34.4 Å². The number of carbonyl (C=O) groups is 1. The van der Waals surface area contributed by atoms with E-state index in [1.54, 1.807) is 6.07 Å². The number of hydrogen-bond acceptors (Lipinski definition) is 3. The first-order chi connectivity index (χ1) is 8.01. The van der Waals surface area contributed by atoms with E-state index in [1.807, 2.05) is 13.0 Å². The summed E-state index contributed by atoms with van der Waals surface area (Å²) in [7, 11) is 1.37. The minimum absolute atomic E-state index is 0.330. The Labute approximate surface area is 102 Å². The highest BCUT2D eigenvalue weighted by atomic mass is 16.5. The fourth-order valence-corrected chi connectivity index (χ4v) is 1.72. The highest BCUT2D eigenvalue weighted by molar-refractivity contribution is 5.91. The van der Waals surface area contributed by atoms with Gasteiger partial charge in [0.05, 0.1) is 12.7 Å². The van der Waals surface area contributed by atoms with E-state index in [0.29, 0.717) is 11.5 Å². The molecule has 0 bridgehead atoms. The van der Waals surface area contributed by atoms with Crippen LogP contribution in [0.1, 0.15) is 46.8 Å². The summed E-state index contributed by atoms with van der Waals surface area (Å²) in [6.45, 7) is 6.04. The average Bonchev–Trinajstić information content (AvgIpc) is 2.30. The molecule has 3 heteroatoms. The average molecular weight is 231 g/mol. The zero-order valence-corrected chi connectivity index (χ0v) is 10.6. The van der Waals surface area contributed by atoms with Crippen molar-refractivity contribution in [3.63, 3.8) is 0 Å². The van der Waals surface area contributed by atoms with Gasteiger partial charge < -0.3 is 10.5 Å². The lowest BCUT2D eigenvalue weighted by Gasteiger charge is -2.12. The largest absolute Gasteiger partial charge is 0.465 e. The van der Waals surface area contributed by atoms with Crippen LogP contribution in [0, 0.1) is 18.9 Å². The molecule has 0 spiro atoms. The third-order valence-electron chi connectivity index (χ3n) is 2.63. The fourth-order valence-electron chi connectivity index (χ4n) is 1.72. The highest BCUT2D eigenvalue weighted by Gasteiger charge is 2.14. The Bertz CT molecular complexity index is 493. The second kappa shape index (κ2) is 5.40. The fraction of sp³-hybridized carbons (Fsp3) is 0.357. The van der Waals surface area contributed by atoms with Crippen LogP contribution in [0.2, 0.25) is 0 Å². The Hall–Kier alpha value is -1.95. The smallest absolute Gasteiger partial charge is 0.338 e. The van der Waals surface area contributed by atoms with Crippen molar-refractivity contribution in [2.75, 3.05) is 7.11 Å². The van der Waals surface area contributed by atoms with Crippen LogP contribution < -0.4 is 5.73 Å². The van der Waals surface area contributed by atoms with Gasteiger partial charge >= 0.3 is 5.97 Å². The Kier molecular flexibility index (Phi) is 4.17. The minimum atomic E-state index is -0.349. The quantitative estimate of drug-likeness (QED) is 0.482. The zero-order valence-electron chi connectivity index (χ0n) is 10.6. The van der Waals surface area contributed by atoms with Crippen molar-refractivity contribution in [2.45, 2.75) is 26.7 Å². The Morgan fingerprint density at radius 1 is 1.41 bits per heavy atom. The van der Waals surface area contributed by atoms with Crippen molar-refractivity contribution in [1.82, 2.24) is 0 Å². The molecule has 0 aliphatic heterocycles. The zero-order chi connectivity index (χ0) is 13.0. The topological polar surface area (TPSA) is 52.3 Å². The maximum Gasteiger partial charge on any atom is 0.338 e. The van der Waals surface area contributed by atoms with Gasteiger partial charge in [0.2, 0.25) is 0 Å². The first-order valence-electron chi connectivity index (χ1n) is 5.45. The van der Waals surface area contributed by atoms with Crippen molar-refractivity contribution < 1.29 is 9.53 Å². The normalized spacial score (nSPS) is 9.71. The molecule has 0 amide bonds. The summed E-state index contributed by atoms with van der Waals surface area (Å²) in [4.78, 5) is 11.6. The second-order valence-corrected chi connectivity index (χ2v) is 4.17. The van der Waals surface area contributed by atoms with E-state index in [-0.39, 0.29) is 5.97 Å². The molecule has 1 rings (SSSR count). The third-order valence-corrected chi connectivity index (χ3v) is 2.63. The van der Waals surface area contributed by atoms with Crippen molar-refractivity contribution in [1.29, 1.82) is 0 Å². The molecule has 0 aliphatic rings.